The second kappa shape index (κ2) is 5.90. The molecule has 0 aliphatic heterocycles. The minimum Gasteiger partial charge on any atom is -0.247 e. The van der Waals surface area contributed by atoms with Gasteiger partial charge >= 0.3 is 0 Å². The topological polar surface area (TPSA) is 12.9 Å². The molecule has 1 heterocycles. The van der Waals surface area contributed by atoms with E-state index in [1.165, 1.54) is 5.56 Å². The van der Waals surface area contributed by atoms with Crippen LogP contribution in [-0.4, -0.2) is 4.98 Å². The standard InChI is InChI=1S/C17H11Br2N/c18-15-10-11-16(19)17-14(15)9-8-13(20-17)7-6-12-4-2-1-3-5-12/h1-11H/b7-6-. The summed E-state index contributed by atoms with van der Waals surface area (Å²) in [7, 11) is 0. The van der Waals surface area contributed by atoms with Gasteiger partial charge in [0.05, 0.1) is 11.2 Å². The first-order chi connectivity index (χ1) is 9.74. The molecular weight excluding hydrogens is 378 g/mol. The number of fused-ring (bicyclic) bond motifs is 1. The zero-order valence-electron chi connectivity index (χ0n) is 10.6. The lowest BCUT2D eigenvalue weighted by Gasteiger charge is -2.03. The van der Waals surface area contributed by atoms with Crippen LogP contribution in [0.2, 0.25) is 0 Å². The van der Waals surface area contributed by atoms with Crippen molar-refractivity contribution in [3.63, 3.8) is 0 Å². The third-order valence-electron chi connectivity index (χ3n) is 3.02. The van der Waals surface area contributed by atoms with Crippen LogP contribution in [0.15, 0.2) is 63.5 Å². The van der Waals surface area contributed by atoms with Crippen LogP contribution < -0.4 is 0 Å². The predicted octanol–water partition coefficient (Wildman–Crippen LogP) is 5.93. The molecule has 0 fully saturated rings. The average Bonchev–Trinajstić information content (AvgIpc) is 2.50. The van der Waals surface area contributed by atoms with E-state index >= 15 is 0 Å². The highest BCUT2D eigenvalue weighted by molar-refractivity contribution is 9.11. The van der Waals surface area contributed by atoms with Crippen LogP contribution in [0.1, 0.15) is 11.3 Å². The number of aromatic nitrogens is 1. The van der Waals surface area contributed by atoms with Crippen LogP contribution >= 0.6 is 31.9 Å². The van der Waals surface area contributed by atoms with E-state index < -0.39 is 0 Å². The molecule has 2 aromatic carbocycles. The number of nitrogens with zero attached hydrogens (tertiary/aromatic N) is 1. The SMILES string of the molecule is Brc1ccc(Br)c2nc(/C=C\c3ccccc3)ccc12. The smallest absolute Gasteiger partial charge is 0.0862 e. The van der Waals surface area contributed by atoms with Gasteiger partial charge in [-0.3, -0.25) is 0 Å². The maximum Gasteiger partial charge on any atom is 0.0862 e. The van der Waals surface area contributed by atoms with Crippen LogP contribution in [0.5, 0.6) is 0 Å². The van der Waals surface area contributed by atoms with Crippen molar-refractivity contribution in [3.8, 4) is 0 Å². The van der Waals surface area contributed by atoms with Crippen molar-refractivity contribution in [3.05, 3.63) is 74.8 Å². The van der Waals surface area contributed by atoms with E-state index in [1.54, 1.807) is 0 Å². The quantitative estimate of drug-likeness (QED) is 0.530. The fourth-order valence-electron chi connectivity index (χ4n) is 2.00. The van der Waals surface area contributed by atoms with Gasteiger partial charge in [0.1, 0.15) is 0 Å². The summed E-state index contributed by atoms with van der Waals surface area (Å²) in [4.78, 5) is 4.69. The highest BCUT2D eigenvalue weighted by Crippen LogP contribution is 2.29. The summed E-state index contributed by atoms with van der Waals surface area (Å²) in [6, 6.07) is 18.4. The molecule has 0 atom stereocenters. The molecule has 0 saturated heterocycles. The van der Waals surface area contributed by atoms with Crippen molar-refractivity contribution < 1.29 is 0 Å². The van der Waals surface area contributed by atoms with E-state index in [9.17, 15) is 0 Å². The predicted molar refractivity (Wildman–Crippen MR) is 92.5 cm³/mol. The Morgan fingerprint density at radius 2 is 1.50 bits per heavy atom. The van der Waals surface area contributed by atoms with Crippen molar-refractivity contribution in [1.82, 2.24) is 4.98 Å². The molecule has 3 rings (SSSR count). The van der Waals surface area contributed by atoms with Gasteiger partial charge in [0.15, 0.2) is 0 Å². The Labute approximate surface area is 134 Å². The van der Waals surface area contributed by atoms with Crippen molar-refractivity contribution >= 4 is 54.9 Å². The highest BCUT2D eigenvalue weighted by atomic mass is 79.9. The van der Waals surface area contributed by atoms with Crippen molar-refractivity contribution in [2.75, 3.05) is 0 Å². The normalized spacial score (nSPS) is 11.3. The fourth-order valence-corrected chi connectivity index (χ4v) is 2.89. The number of rotatable bonds is 2. The summed E-state index contributed by atoms with van der Waals surface area (Å²) in [5.41, 5.74) is 3.08. The monoisotopic (exact) mass is 387 g/mol. The maximum atomic E-state index is 4.69. The molecule has 0 N–H and O–H groups in total. The zero-order valence-corrected chi connectivity index (χ0v) is 13.7. The fraction of sp³-hybridized carbons (Fsp3) is 0. The van der Waals surface area contributed by atoms with Gasteiger partial charge in [0.2, 0.25) is 0 Å². The molecule has 20 heavy (non-hydrogen) atoms. The molecule has 3 heteroatoms. The summed E-state index contributed by atoms with van der Waals surface area (Å²) >= 11 is 7.11. The Bertz CT molecular complexity index is 780. The summed E-state index contributed by atoms with van der Waals surface area (Å²) in [6.07, 6.45) is 4.10. The largest absolute Gasteiger partial charge is 0.247 e. The lowest BCUT2D eigenvalue weighted by atomic mass is 10.1. The van der Waals surface area contributed by atoms with E-state index in [1.807, 2.05) is 42.5 Å². The van der Waals surface area contributed by atoms with E-state index in [2.05, 4.69) is 61.1 Å². The lowest BCUT2D eigenvalue weighted by molar-refractivity contribution is 1.36. The second-order valence-corrected chi connectivity index (χ2v) is 6.11. The molecular formula is C17H11Br2N. The molecule has 1 nitrogen and oxygen atoms in total. The van der Waals surface area contributed by atoms with Crippen LogP contribution in [-0.2, 0) is 0 Å². The van der Waals surface area contributed by atoms with Crippen LogP contribution in [0.4, 0.5) is 0 Å². The Hall–Kier alpha value is -1.45. The molecule has 0 aliphatic carbocycles. The zero-order chi connectivity index (χ0) is 13.9. The molecule has 0 spiro atoms. The lowest BCUT2D eigenvalue weighted by Crippen LogP contribution is -1.85. The van der Waals surface area contributed by atoms with Gasteiger partial charge in [0.25, 0.3) is 0 Å². The number of pyridine rings is 1. The maximum absolute atomic E-state index is 4.69. The number of halogens is 2. The first kappa shape index (κ1) is 13.5. The van der Waals surface area contributed by atoms with Gasteiger partial charge in [-0.2, -0.15) is 0 Å². The number of hydrogen-bond acceptors (Lipinski definition) is 1. The van der Waals surface area contributed by atoms with Crippen molar-refractivity contribution in [2.45, 2.75) is 0 Å². The first-order valence-electron chi connectivity index (χ1n) is 6.22. The molecule has 3 aromatic rings. The summed E-state index contributed by atoms with van der Waals surface area (Å²) < 4.78 is 2.06. The summed E-state index contributed by atoms with van der Waals surface area (Å²) in [6.45, 7) is 0. The molecule has 98 valence electrons. The highest BCUT2D eigenvalue weighted by Gasteiger charge is 2.04. The van der Waals surface area contributed by atoms with E-state index in [-0.39, 0.29) is 0 Å². The van der Waals surface area contributed by atoms with Crippen LogP contribution in [0.25, 0.3) is 23.1 Å². The van der Waals surface area contributed by atoms with Crippen molar-refractivity contribution in [1.29, 1.82) is 0 Å². The van der Waals surface area contributed by atoms with Crippen LogP contribution in [0.3, 0.4) is 0 Å². The molecule has 0 radical (unpaired) electrons. The molecule has 0 amide bonds. The minimum atomic E-state index is 0.945. The third kappa shape index (κ3) is 2.84. The number of hydrogen-bond donors (Lipinski definition) is 0. The Kier molecular flexibility index (Phi) is 3.99. The van der Waals surface area contributed by atoms with Gasteiger partial charge < -0.3 is 0 Å². The van der Waals surface area contributed by atoms with E-state index in [0.717, 1.165) is 25.5 Å². The van der Waals surface area contributed by atoms with Gasteiger partial charge in [-0.15, -0.1) is 0 Å². The summed E-state index contributed by atoms with van der Waals surface area (Å²) in [5.74, 6) is 0. The van der Waals surface area contributed by atoms with Gasteiger partial charge in [-0.05, 0) is 51.8 Å². The Balaban J connectivity index is 2.01. The Morgan fingerprint density at radius 1 is 0.750 bits per heavy atom. The molecule has 0 saturated carbocycles. The van der Waals surface area contributed by atoms with Gasteiger partial charge in [0, 0.05) is 14.3 Å². The second-order valence-electron chi connectivity index (χ2n) is 4.41. The van der Waals surface area contributed by atoms with Gasteiger partial charge in [-0.1, -0.05) is 52.3 Å². The van der Waals surface area contributed by atoms with E-state index in [0.29, 0.717) is 0 Å². The third-order valence-corrected chi connectivity index (χ3v) is 4.35. The average molecular weight is 389 g/mol. The summed E-state index contributed by atoms with van der Waals surface area (Å²) in [5, 5.41) is 1.11. The first-order valence-corrected chi connectivity index (χ1v) is 7.80. The Morgan fingerprint density at radius 3 is 2.30 bits per heavy atom. The molecule has 1 aromatic heterocycles. The minimum absolute atomic E-state index is 0.945. The van der Waals surface area contributed by atoms with Crippen LogP contribution in [0, 0.1) is 0 Å². The molecule has 0 aliphatic rings. The van der Waals surface area contributed by atoms with Gasteiger partial charge in [-0.25, -0.2) is 4.98 Å². The molecule has 0 bridgehead atoms. The van der Waals surface area contributed by atoms with E-state index in [4.69, 9.17) is 0 Å². The number of benzene rings is 2. The molecule has 0 unspecified atom stereocenters. The van der Waals surface area contributed by atoms with Crippen molar-refractivity contribution in [2.24, 2.45) is 0 Å².